The molecule has 33 heavy (non-hydrogen) atoms. The minimum atomic E-state index is -0.161. The van der Waals surface area contributed by atoms with Gasteiger partial charge in [-0.2, -0.15) is 5.10 Å². The van der Waals surface area contributed by atoms with E-state index < -0.39 is 0 Å². The van der Waals surface area contributed by atoms with Crippen molar-refractivity contribution < 1.29 is 9.21 Å². The number of nitrogens with zero attached hydrogens (tertiary/aromatic N) is 2. The molecule has 1 amide bonds. The van der Waals surface area contributed by atoms with Gasteiger partial charge in [0.2, 0.25) is 5.89 Å². The molecule has 2 aromatic heterocycles. The van der Waals surface area contributed by atoms with E-state index in [0.29, 0.717) is 28.8 Å². The number of hydrogen-bond acceptors (Lipinski definition) is 4. The third kappa shape index (κ3) is 3.91. The zero-order valence-corrected chi connectivity index (χ0v) is 18.7. The second-order valence-electron chi connectivity index (χ2n) is 8.37. The fourth-order valence-electron chi connectivity index (χ4n) is 3.93. The summed E-state index contributed by atoms with van der Waals surface area (Å²) >= 11 is 0. The van der Waals surface area contributed by atoms with Crippen LogP contribution in [0, 0.1) is 6.92 Å². The largest absolute Gasteiger partial charge is 0.436 e. The summed E-state index contributed by atoms with van der Waals surface area (Å²) in [7, 11) is 0. The smallest absolute Gasteiger partial charge is 0.255 e. The van der Waals surface area contributed by atoms with Gasteiger partial charge in [0.1, 0.15) is 11.2 Å². The van der Waals surface area contributed by atoms with E-state index in [1.165, 1.54) is 0 Å². The molecule has 2 heterocycles. The van der Waals surface area contributed by atoms with Crippen molar-refractivity contribution >= 4 is 22.7 Å². The predicted molar refractivity (Wildman–Crippen MR) is 130 cm³/mol. The van der Waals surface area contributed by atoms with Crippen molar-refractivity contribution in [3.05, 3.63) is 89.6 Å². The van der Waals surface area contributed by atoms with Gasteiger partial charge in [0, 0.05) is 23.0 Å². The second-order valence-corrected chi connectivity index (χ2v) is 8.37. The Hall–Kier alpha value is -4.19. The standard InChI is InChI=1S/C27H24N4O2/c1-16(2)21-13-12-17(3)23-25(21)33-27(30-23)22-15-28-31-24(22)19-10-7-11-20(14-19)29-26(32)18-8-5-4-6-9-18/h4-16H,1-3H3,(H,28,31)(H,29,32). The average Bonchev–Trinajstić information content (AvgIpc) is 3.48. The lowest BCUT2D eigenvalue weighted by Crippen LogP contribution is -2.11. The van der Waals surface area contributed by atoms with Gasteiger partial charge >= 0.3 is 0 Å². The molecule has 6 nitrogen and oxygen atoms in total. The molecule has 0 atom stereocenters. The van der Waals surface area contributed by atoms with E-state index in [-0.39, 0.29) is 5.91 Å². The van der Waals surface area contributed by atoms with Crippen LogP contribution in [-0.4, -0.2) is 21.1 Å². The summed E-state index contributed by atoms with van der Waals surface area (Å²) in [5.41, 5.74) is 7.50. The number of carbonyl (C=O) groups excluding carboxylic acids is 1. The number of hydrogen-bond donors (Lipinski definition) is 2. The van der Waals surface area contributed by atoms with Crippen LogP contribution in [0.25, 0.3) is 33.8 Å². The zero-order chi connectivity index (χ0) is 22.9. The monoisotopic (exact) mass is 436 g/mol. The number of rotatable bonds is 5. The van der Waals surface area contributed by atoms with Gasteiger partial charge in [0.05, 0.1) is 5.56 Å². The third-order valence-electron chi connectivity index (χ3n) is 5.70. The summed E-state index contributed by atoms with van der Waals surface area (Å²) in [5, 5.41) is 10.3. The molecule has 3 aromatic carbocycles. The van der Waals surface area contributed by atoms with Crippen molar-refractivity contribution in [2.45, 2.75) is 26.7 Å². The van der Waals surface area contributed by atoms with Gasteiger partial charge in [0.15, 0.2) is 5.58 Å². The zero-order valence-electron chi connectivity index (χ0n) is 18.7. The Balaban J connectivity index is 1.51. The topological polar surface area (TPSA) is 83.8 Å². The molecule has 0 radical (unpaired) electrons. The van der Waals surface area contributed by atoms with Gasteiger partial charge in [-0.3, -0.25) is 9.89 Å². The molecule has 0 bridgehead atoms. The van der Waals surface area contributed by atoms with Crippen LogP contribution >= 0.6 is 0 Å². The minimum Gasteiger partial charge on any atom is -0.436 e. The number of aromatic nitrogens is 3. The average molecular weight is 437 g/mol. The van der Waals surface area contributed by atoms with Crippen molar-refractivity contribution in [3.63, 3.8) is 0 Å². The van der Waals surface area contributed by atoms with Gasteiger partial charge < -0.3 is 9.73 Å². The summed E-state index contributed by atoms with van der Waals surface area (Å²) in [6.45, 7) is 6.32. The van der Waals surface area contributed by atoms with E-state index in [1.54, 1.807) is 18.3 Å². The molecule has 0 unspecified atom stereocenters. The van der Waals surface area contributed by atoms with Crippen LogP contribution in [0.4, 0.5) is 5.69 Å². The molecule has 5 aromatic rings. The molecule has 0 saturated carbocycles. The lowest BCUT2D eigenvalue weighted by Gasteiger charge is -2.07. The first-order valence-corrected chi connectivity index (χ1v) is 10.9. The van der Waals surface area contributed by atoms with Crippen molar-refractivity contribution in [3.8, 4) is 22.7 Å². The molecule has 0 saturated heterocycles. The number of fused-ring (bicyclic) bond motifs is 1. The maximum absolute atomic E-state index is 12.6. The molecule has 0 aliphatic heterocycles. The number of anilines is 1. The molecular formula is C27H24N4O2. The highest BCUT2D eigenvalue weighted by molar-refractivity contribution is 6.04. The first-order valence-electron chi connectivity index (χ1n) is 10.9. The fourth-order valence-corrected chi connectivity index (χ4v) is 3.93. The van der Waals surface area contributed by atoms with E-state index in [2.05, 4.69) is 41.5 Å². The van der Waals surface area contributed by atoms with Crippen molar-refractivity contribution in [2.75, 3.05) is 5.32 Å². The van der Waals surface area contributed by atoms with E-state index in [1.807, 2.05) is 49.4 Å². The summed E-state index contributed by atoms with van der Waals surface area (Å²) in [6.07, 6.45) is 1.79. The first-order chi connectivity index (χ1) is 16.0. The van der Waals surface area contributed by atoms with Gasteiger partial charge in [0.25, 0.3) is 5.91 Å². The molecule has 164 valence electrons. The van der Waals surface area contributed by atoms with Crippen molar-refractivity contribution in [1.82, 2.24) is 15.2 Å². The van der Waals surface area contributed by atoms with Crippen molar-refractivity contribution in [1.29, 1.82) is 0 Å². The van der Waals surface area contributed by atoms with Crippen LogP contribution in [-0.2, 0) is 0 Å². The molecule has 0 fully saturated rings. The highest BCUT2D eigenvalue weighted by Gasteiger charge is 2.20. The first kappa shape index (κ1) is 20.7. The quantitative estimate of drug-likeness (QED) is 0.326. The maximum atomic E-state index is 12.6. The number of amides is 1. The van der Waals surface area contributed by atoms with Gasteiger partial charge in [-0.15, -0.1) is 0 Å². The Morgan fingerprint density at radius 3 is 2.64 bits per heavy atom. The maximum Gasteiger partial charge on any atom is 0.255 e. The van der Waals surface area contributed by atoms with E-state index in [0.717, 1.165) is 33.4 Å². The molecule has 0 aliphatic rings. The minimum absolute atomic E-state index is 0.161. The van der Waals surface area contributed by atoms with Gasteiger partial charge in [-0.05, 0) is 48.2 Å². The van der Waals surface area contributed by atoms with Crippen molar-refractivity contribution in [2.24, 2.45) is 0 Å². The number of carbonyl (C=O) groups is 1. The molecule has 6 heteroatoms. The van der Waals surface area contributed by atoms with Crippen LogP contribution in [0.3, 0.4) is 0 Å². The van der Waals surface area contributed by atoms with E-state index >= 15 is 0 Å². The van der Waals surface area contributed by atoms with Crippen LogP contribution in [0.15, 0.2) is 77.3 Å². The Bertz CT molecular complexity index is 1450. The predicted octanol–water partition coefficient (Wildman–Crippen LogP) is 6.57. The Morgan fingerprint density at radius 1 is 1.03 bits per heavy atom. The molecule has 0 aliphatic carbocycles. The Labute approximate surface area is 191 Å². The normalized spacial score (nSPS) is 11.3. The lowest BCUT2D eigenvalue weighted by atomic mass is 10.0. The van der Waals surface area contributed by atoms with Gasteiger partial charge in [-0.25, -0.2) is 4.98 Å². The molecule has 0 spiro atoms. The fraction of sp³-hybridized carbons (Fsp3) is 0.148. The van der Waals surface area contributed by atoms with Crippen LogP contribution in [0.1, 0.15) is 41.3 Å². The highest BCUT2D eigenvalue weighted by Crippen LogP contribution is 2.36. The summed E-state index contributed by atoms with van der Waals surface area (Å²) < 4.78 is 6.26. The lowest BCUT2D eigenvalue weighted by molar-refractivity contribution is 0.102. The highest BCUT2D eigenvalue weighted by atomic mass is 16.3. The Kier molecular flexibility index (Phi) is 5.26. The van der Waals surface area contributed by atoms with Crippen LogP contribution in [0.5, 0.6) is 0 Å². The SMILES string of the molecule is Cc1ccc(C(C)C)c2oc(-c3c[nH]nc3-c3cccc(NC(=O)c4ccccc4)c3)nc12. The Morgan fingerprint density at radius 2 is 1.85 bits per heavy atom. The number of oxazole rings is 1. The molecule has 2 N–H and O–H groups in total. The van der Waals surface area contributed by atoms with Gasteiger partial charge in [-0.1, -0.05) is 56.3 Å². The number of aromatic amines is 1. The molecular weight excluding hydrogens is 412 g/mol. The number of benzene rings is 3. The summed E-state index contributed by atoms with van der Waals surface area (Å²) in [6, 6.07) is 20.9. The number of aryl methyl sites for hydroxylation is 1. The number of H-pyrrole nitrogens is 1. The van der Waals surface area contributed by atoms with E-state index in [4.69, 9.17) is 9.40 Å². The third-order valence-corrected chi connectivity index (χ3v) is 5.70. The number of nitrogens with one attached hydrogen (secondary N) is 2. The molecule has 5 rings (SSSR count). The van der Waals surface area contributed by atoms with Crippen LogP contribution < -0.4 is 5.32 Å². The summed E-state index contributed by atoms with van der Waals surface area (Å²) in [4.78, 5) is 17.4. The second kappa shape index (κ2) is 8.39. The van der Waals surface area contributed by atoms with E-state index in [9.17, 15) is 4.79 Å². The summed E-state index contributed by atoms with van der Waals surface area (Å²) in [5.74, 6) is 0.678. The van der Waals surface area contributed by atoms with Crippen LogP contribution in [0.2, 0.25) is 0 Å².